The van der Waals surface area contributed by atoms with E-state index in [4.69, 9.17) is 0 Å². The Morgan fingerprint density at radius 3 is 2.73 bits per heavy atom. The molecule has 2 aromatic heterocycles. The molecule has 1 atom stereocenters. The number of benzene rings is 2. The summed E-state index contributed by atoms with van der Waals surface area (Å²) >= 11 is 1.44. The maximum Gasteiger partial charge on any atom is 0.192 e. The highest BCUT2D eigenvalue weighted by molar-refractivity contribution is 8.00. The summed E-state index contributed by atoms with van der Waals surface area (Å²) in [5.74, 6) is 0.0595. The number of aryl methyl sites for hydroxylation is 1. The van der Waals surface area contributed by atoms with Gasteiger partial charge in [-0.15, -0.1) is 10.2 Å². The molecule has 0 aliphatic heterocycles. The Balaban J connectivity index is 1.76. The van der Waals surface area contributed by atoms with Gasteiger partial charge in [-0.1, -0.05) is 60.3 Å². The highest BCUT2D eigenvalue weighted by Gasteiger charge is 2.27. The van der Waals surface area contributed by atoms with Gasteiger partial charge in [-0.25, -0.2) is 0 Å². The lowest BCUT2D eigenvalue weighted by Crippen LogP contribution is -2.11. The fourth-order valence-electron chi connectivity index (χ4n) is 2.98. The second-order valence-corrected chi connectivity index (χ2v) is 6.99. The lowest BCUT2D eigenvalue weighted by atomic mass is 10.0. The fraction of sp³-hybridized carbons (Fsp3) is 0.150. The lowest BCUT2D eigenvalue weighted by molar-refractivity contribution is 0.0991. The molecule has 4 rings (SSSR count). The third-order valence-corrected chi connectivity index (χ3v) is 5.59. The van der Waals surface area contributed by atoms with Crippen LogP contribution >= 0.6 is 11.8 Å². The van der Waals surface area contributed by atoms with Crippen molar-refractivity contribution in [3.8, 4) is 0 Å². The largest absolute Gasteiger partial charge is 0.360 e. The van der Waals surface area contributed by atoms with Crippen molar-refractivity contribution in [1.29, 1.82) is 0 Å². The Morgan fingerprint density at radius 1 is 1.15 bits per heavy atom. The number of fused-ring (bicyclic) bond motifs is 1. The van der Waals surface area contributed by atoms with E-state index in [-0.39, 0.29) is 11.0 Å². The van der Waals surface area contributed by atoms with Crippen LogP contribution in [0.2, 0.25) is 0 Å². The molecule has 2 aromatic carbocycles. The van der Waals surface area contributed by atoms with Gasteiger partial charge in [-0.2, -0.15) is 0 Å². The van der Waals surface area contributed by atoms with E-state index >= 15 is 0 Å². The Morgan fingerprint density at radius 2 is 1.92 bits per heavy atom. The van der Waals surface area contributed by atoms with Crippen molar-refractivity contribution in [2.75, 3.05) is 0 Å². The molecule has 2 heterocycles. The van der Waals surface area contributed by atoms with Gasteiger partial charge in [0.15, 0.2) is 10.9 Å². The summed E-state index contributed by atoms with van der Waals surface area (Å²) in [6, 6.07) is 17.7. The first-order valence-corrected chi connectivity index (χ1v) is 9.35. The van der Waals surface area contributed by atoms with E-state index in [1.54, 1.807) is 12.5 Å². The number of carbonyl (C=O) groups excluding carboxylic acids is 1. The summed E-state index contributed by atoms with van der Waals surface area (Å²) in [7, 11) is 0. The number of hydrogen-bond acceptors (Lipinski definition) is 4. The van der Waals surface area contributed by atoms with E-state index in [9.17, 15) is 4.79 Å². The minimum atomic E-state index is -0.384. The molecular formula is C20H18N4OS. The number of aromatic nitrogens is 4. The first kappa shape index (κ1) is 16.6. The summed E-state index contributed by atoms with van der Waals surface area (Å²) in [5.41, 5.74) is 2.62. The Bertz CT molecular complexity index is 1040. The molecule has 0 radical (unpaired) electrons. The molecule has 0 fully saturated rings. The van der Waals surface area contributed by atoms with Crippen LogP contribution in [0.1, 0.15) is 28.1 Å². The number of hydrogen-bond donors (Lipinski definition) is 1. The Labute approximate surface area is 155 Å². The van der Waals surface area contributed by atoms with E-state index in [1.807, 2.05) is 66.1 Å². The average molecular weight is 362 g/mol. The van der Waals surface area contributed by atoms with Crippen molar-refractivity contribution in [2.45, 2.75) is 23.9 Å². The molecular weight excluding hydrogens is 344 g/mol. The van der Waals surface area contributed by atoms with E-state index < -0.39 is 0 Å². The Kier molecular flexibility index (Phi) is 4.58. The van der Waals surface area contributed by atoms with Crippen LogP contribution in [-0.2, 0) is 6.54 Å². The molecule has 1 unspecified atom stereocenters. The topological polar surface area (TPSA) is 63.6 Å². The van der Waals surface area contributed by atoms with Crippen LogP contribution in [0.5, 0.6) is 0 Å². The van der Waals surface area contributed by atoms with E-state index in [0.29, 0.717) is 5.56 Å². The van der Waals surface area contributed by atoms with Gasteiger partial charge in [0.25, 0.3) is 0 Å². The predicted molar refractivity (Wildman–Crippen MR) is 103 cm³/mol. The lowest BCUT2D eigenvalue weighted by Gasteiger charge is -2.15. The summed E-state index contributed by atoms with van der Waals surface area (Å²) < 4.78 is 1.95. The molecule has 0 amide bonds. The number of rotatable bonds is 6. The second kappa shape index (κ2) is 7.17. The summed E-state index contributed by atoms with van der Waals surface area (Å²) in [5, 5.41) is 9.48. The molecule has 1 N–H and O–H groups in total. The third kappa shape index (κ3) is 3.04. The average Bonchev–Trinajstić information content (AvgIpc) is 3.32. The first-order chi connectivity index (χ1) is 12.8. The smallest absolute Gasteiger partial charge is 0.192 e. The summed E-state index contributed by atoms with van der Waals surface area (Å²) in [4.78, 5) is 16.6. The van der Waals surface area contributed by atoms with Crippen LogP contribution in [0.25, 0.3) is 10.9 Å². The number of nitrogens with one attached hydrogen (secondary N) is 1. The molecule has 26 heavy (non-hydrogen) atoms. The monoisotopic (exact) mass is 362 g/mol. The molecule has 0 saturated heterocycles. The molecule has 0 saturated carbocycles. The van der Waals surface area contributed by atoms with E-state index in [1.165, 1.54) is 11.8 Å². The molecule has 0 aliphatic rings. The molecule has 0 aliphatic carbocycles. The van der Waals surface area contributed by atoms with Crippen LogP contribution in [0.15, 0.2) is 72.3 Å². The van der Waals surface area contributed by atoms with Gasteiger partial charge in [-0.3, -0.25) is 4.79 Å². The van der Waals surface area contributed by atoms with E-state index in [2.05, 4.69) is 15.2 Å². The number of para-hydroxylation sites is 1. The maximum absolute atomic E-state index is 13.4. The third-order valence-electron chi connectivity index (χ3n) is 4.34. The number of ketones is 1. The minimum Gasteiger partial charge on any atom is -0.360 e. The van der Waals surface area contributed by atoms with Crippen molar-refractivity contribution >= 4 is 28.4 Å². The predicted octanol–water partition coefficient (Wildman–Crippen LogP) is 4.50. The van der Waals surface area contributed by atoms with Gasteiger partial charge in [0.05, 0.1) is 0 Å². The van der Waals surface area contributed by atoms with Crippen LogP contribution in [0, 0.1) is 0 Å². The van der Waals surface area contributed by atoms with Crippen molar-refractivity contribution in [3.63, 3.8) is 0 Å². The highest BCUT2D eigenvalue weighted by atomic mass is 32.2. The molecule has 5 nitrogen and oxygen atoms in total. The van der Waals surface area contributed by atoms with Crippen molar-refractivity contribution in [1.82, 2.24) is 19.7 Å². The SMILES string of the molecule is CCn1cnnc1SC(C(=O)c1c[nH]c2ccccc12)c1ccccc1. The zero-order valence-corrected chi connectivity index (χ0v) is 15.1. The zero-order valence-electron chi connectivity index (χ0n) is 14.3. The normalized spacial score (nSPS) is 12.3. The van der Waals surface area contributed by atoms with Gasteiger partial charge in [0.1, 0.15) is 11.6 Å². The van der Waals surface area contributed by atoms with Crippen LogP contribution < -0.4 is 0 Å². The number of thioether (sulfide) groups is 1. The van der Waals surface area contributed by atoms with Crippen molar-refractivity contribution in [3.05, 3.63) is 78.2 Å². The van der Waals surface area contributed by atoms with Crippen LogP contribution in [0.4, 0.5) is 0 Å². The van der Waals surface area contributed by atoms with Gasteiger partial charge in [-0.05, 0) is 18.6 Å². The number of H-pyrrole nitrogens is 1. The number of aromatic amines is 1. The van der Waals surface area contributed by atoms with Crippen molar-refractivity contribution in [2.24, 2.45) is 0 Å². The van der Waals surface area contributed by atoms with Crippen molar-refractivity contribution < 1.29 is 4.79 Å². The maximum atomic E-state index is 13.4. The van der Waals surface area contributed by atoms with E-state index in [0.717, 1.165) is 28.2 Å². The van der Waals surface area contributed by atoms with Crippen LogP contribution in [0.3, 0.4) is 0 Å². The fourth-order valence-corrected chi connectivity index (χ4v) is 4.12. The number of Topliss-reactive ketones (excluding diaryl/α,β-unsaturated/α-hetero) is 1. The molecule has 0 bridgehead atoms. The highest BCUT2D eigenvalue weighted by Crippen LogP contribution is 2.38. The van der Waals surface area contributed by atoms with Crippen LogP contribution in [-0.4, -0.2) is 25.5 Å². The zero-order chi connectivity index (χ0) is 17.9. The summed E-state index contributed by atoms with van der Waals surface area (Å²) in [6.07, 6.45) is 3.49. The minimum absolute atomic E-state index is 0.0595. The van der Waals surface area contributed by atoms with Gasteiger partial charge < -0.3 is 9.55 Å². The quantitative estimate of drug-likeness (QED) is 0.405. The Hall–Kier alpha value is -2.86. The second-order valence-electron chi connectivity index (χ2n) is 5.92. The first-order valence-electron chi connectivity index (χ1n) is 8.47. The van der Waals surface area contributed by atoms with Gasteiger partial charge in [0, 0.05) is 29.2 Å². The van der Waals surface area contributed by atoms with Gasteiger partial charge in [0.2, 0.25) is 0 Å². The molecule has 130 valence electrons. The standard InChI is InChI=1S/C20H18N4OS/c1-2-24-13-22-23-20(24)26-19(14-8-4-3-5-9-14)18(25)16-12-21-17-11-7-6-10-15(16)17/h3-13,19,21H,2H2,1H3. The molecule has 0 spiro atoms. The molecule has 6 heteroatoms. The molecule has 4 aromatic rings. The summed E-state index contributed by atoms with van der Waals surface area (Å²) in [6.45, 7) is 2.80. The van der Waals surface area contributed by atoms with Gasteiger partial charge >= 0.3 is 0 Å². The number of carbonyl (C=O) groups is 1. The number of nitrogens with zero attached hydrogens (tertiary/aromatic N) is 3.